The molecular formula is C24H23F4N3O3. The van der Waals surface area contributed by atoms with Crippen molar-refractivity contribution in [2.45, 2.75) is 49.9 Å². The first-order valence-corrected chi connectivity index (χ1v) is 11.0. The number of aliphatic hydroxyl groups excluding tert-OH is 1. The number of carbonyl (C=O) groups is 1. The lowest BCUT2D eigenvalue weighted by molar-refractivity contribution is -0.137. The van der Waals surface area contributed by atoms with Gasteiger partial charge in [-0.25, -0.2) is 9.37 Å². The summed E-state index contributed by atoms with van der Waals surface area (Å²) in [6.07, 6.45) is 1.51. The van der Waals surface area contributed by atoms with Crippen LogP contribution < -0.4 is 5.32 Å². The number of aliphatic hydroxyl groups is 1. The molecule has 5 rings (SSSR count). The van der Waals surface area contributed by atoms with E-state index in [9.17, 15) is 23.1 Å². The van der Waals surface area contributed by atoms with Crippen molar-refractivity contribution in [1.29, 1.82) is 0 Å². The molecular weight excluding hydrogens is 454 g/mol. The lowest BCUT2D eigenvalue weighted by Gasteiger charge is -2.42. The predicted molar refractivity (Wildman–Crippen MR) is 114 cm³/mol. The van der Waals surface area contributed by atoms with E-state index in [0.29, 0.717) is 23.2 Å². The fourth-order valence-corrected chi connectivity index (χ4v) is 4.69. The number of fused-ring (bicyclic) bond motifs is 1. The van der Waals surface area contributed by atoms with Crippen molar-refractivity contribution in [2.24, 2.45) is 0 Å². The Morgan fingerprint density at radius 2 is 2.06 bits per heavy atom. The molecule has 2 N–H and O–H groups in total. The second-order valence-electron chi connectivity index (χ2n) is 9.04. The summed E-state index contributed by atoms with van der Waals surface area (Å²) in [4.78, 5) is 17.9. The normalized spacial score (nSPS) is 23.3. The molecule has 6 nitrogen and oxygen atoms in total. The molecule has 3 aromatic rings. The number of carbonyl (C=O) groups excluding carboxylic acids is 1. The van der Waals surface area contributed by atoms with Crippen LogP contribution in [0.15, 0.2) is 36.8 Å². The smallest absolute Gasteiger partial charge is 0.388 e. The molecule has 1 saturated heterocycles. The van der Waals surface area contributed by atoms with Crippen LogP contribution >= 0.6 is 0 Å². The highest BCUT2D eigenvalue weighted by Crippen LogP contribution is 2.40. The number of halogens is 4. The number of benzene rings is 1. The second kappa shape index (κ2) is 8.06. The summed E-state index contributed by atoms with van der Waals surface area (Å²) in [5.74, 6) is -1.30. The van der Waals surface area contributed by atoms with Crippen LogP contribution in [-0.4, -0.2) is 39.7 Å². The van der Waals surface area contributed by atoms with Crippen LogP contribution in [0.25, 0.3) is 5.65 Å². The van der Waals surface area contributed by atoms with Gasteiger partial charge in [-0.2, -0.15) is 13.2 Å². The molecule has 180 valence electrons. The Bertz CT molecular complexity index is 1270. The van der Waals surface area contributed by atoms with Crippen molar-refractivity contribution >= 4 is 11.6 Å². The monoisotopic (exact) mass is 477 g/mol. The highest BCUT2D eigenvalue weighted by molar-refractivity contribution is 6.02. The Balaban J connectivity index is 1.54. The average Bonchev–Trinajstić information content (AvgIpc) is 3.56. The number of nitrogens with zero attached hydrogens (tertiary/aromatic N) is 2. The van der Waals surface area contributed by atoms with Gasteiger partial charge < -0.3 is 19.6 Å². The molecule has 0 spiro atoms. The van der Waals surface area contributed by atoms with E-state index in [-0.39, 0.29) is 30.8 Å². The van der Waals surface area contributed by atoms with E-state index in [2.05, 4.69) is 10.3 Å². The Hall–Kier alpha value is -2.98. The molecule has 2 fully saturated rings. The van der Waals surface area contributed by atoms with Crippen LogP contribution in [0.1, 0.15) is 57.8 Å². The second-order valence-corrected chi connectivity index (χ2v) is 9.04. The summed E-state index contributed by atoms with van der Waals surface area (Å²) in [5, 5.41) is 13.5. The third-order valence-electron chi connectivity index (χ3n) is 6.69. The zero-order chi connectivity index (χ0) is 24.3. The molecule has 10 heteroatoms. The number of nitrogens with one attached hydrogen (secondary N) is 1. The zero-order valence-electron chi connectivity index (χ0n) is 18.3. The Labute approximate surface area is 192 Å². The molecule has 1 aromatic carbocycles. The molecule has 34 heavy (non-hydrogen) atoms. The molecule has 3 heterocycles. The van der Waals surface area contributed by atoms with E-state index < -0.39 is 35.1 Å². The number of aryl methyl sites for hydroxylation is 1. The van der Waals surface area contributed by atoms with Crippen LogP contribution in [0.3, 0.4) is 0 Å². The summed E-state index contributed by atoms with van der Waals surface area (Å²) >= 11 is 0. The van der Waals surface area contributed by atoms with Gasteiger partial charge in [-0.05, 0) is 48.9 Å². The number of ether oxygens (including phenoxy) is 1. The molecule has 1 saturated carbocycles. The van der Waals surface area contributed by atoms with E-state index >= 15 is 4.39 Å². The van der Waals surface area contributed by atoms with Gasteiger partial charge in [0.15, 0.2) is 0 Å². The number of rotatable bonds is 4. The minimum atomic E-state index is -4.72. The maximum atomic E-state index is 15.0. The Morgan fingerprint density at radius 1 is 1.29 bits per heavy atom. The Morgan fingerprint density at radius 3 is 2.71 bits per heavy atom. The summed E-state index contributed by atoms with van der Waals surface area (Å²) in [5.41, 5.74) is -0.675. The summed E-state index contributed by atoms with van der Waals surface area (Å²) in [6, 6.07) is 2.09. The molecule has 1 aliphatic carbocycles. The molecule has 1 amide bonds. The fourth-order valence-electron chi connectivity index (χ4n) is 4.69. The number of hydrogen-bond donors (Lipinski definition) is 2. The maximum absolute atomic E-state index is 15.0. The molecule has 0 bridgehead atoms. The topological polar surface area (TPSA) is 75.9 Å². The van der Waals surface area contributed by atoms with Crippen molar-refractivity contribution < 1.29 is 32.2 Å². The van der Waals surface area contributed by atoms with Gasteiger partial charge in [0.2, 0.25) is 0 Å². The standard InChI is InChI=1S/C24H23F4N3O3/c1-13-10-31-11-15(14-2-3-14)9-29-21(31)20(13)22(33)30-23(6-7-34-12-19(23)32)17-5-4-16(8-18(17)25)24(26,27)28/h4-5,8-11,14,19,32H,2-3,6-7,12H2,1H3,(H,30,33)/t19-,23+/m0/s1. The van der Waals surface area contributed by atoms with E-state index in [4.69, 9.17) is 4.74 Å². The van der Waals surface area contributed by atoms with Crippen LogP contribution in [0.4, 0.5) is 17.6 Å². The third kappa shape index (κ3) is 3.84. The summed E-state index contributed by atoms with van der Waals surface area (Å²) < 4.78 is 61.3. The summed E-state index contributed by atoms with van der Waals surface area (Å²) in [6.45, 7) is 1.61. The van der Waals surface area contributed by atoms with Gasteiger partial charge in [0, 0.05) is 37.2 Å². The van der Waals surface area contributed by atoms with Crippen molar-refractivity contribution in [3.8, 4) is 0 Å². The van der Waals surface area contributed by atoms with Crippen LogP contribution in [-0.2, 0) is 16.5 Å². The number of hydrogen-bond acceptors (Lipinski definition) is 4. The molecule has 2 atom stereocenters. The maximum Gasteiger partial charge on any atom is 0.416 e. The van der Waals surface area contributed by atoms with Gasteiger partial charge in [0.1, 0.15) is 17.6 Å². The lowest BCUT2D eigenvalue weighted by atomic mass is 9.79. The fraction of sp³-hybridized carbons (Fsp3) is 0.417. The zero-order valence-corrected chi connectivity index (χ0v) is 18.3. The van der Waals surface area contributed by atoms with Crippen LogP contribution in [0.5, 0.6) is 0 Å². The van der Waals surface area contributed by atoms with Crippen LogP contribution in [0.2, 0.25) is 0 Å². The highest BCUT2D eigenvalue weighted by atomic mass is 19.4. The van der Waals surface area contributed by atoms with Crippen molar-refractivity contribution in [2.75, 3.05) is 13.2 Å². The first-order chi connectivity index (χ1) is 16.1. The van der Waals surface area contributed by atoms with Gasteiger partial charge in [-0.3, -0.25) is 4.79 Å². The predicted octanol–water partition coefficient (Wildman–Crippen LogP) is 4.08. The third-order valence-corrected chi connectivity index (χ3v) is 6.69. The first-order valence-electron chi connectivity index (χ1n) is 11.0. The van der Waals surface area contributed by atoms with Crippen molar-refractivity contribution in [3.63, 3.8) is 0 Å². The minimum absolute atomic E-state index is 0.0215. The van der Waals surface area contributed by atoms with Gasteiger partial charge in [-0.1, -0.05) is 6.07 Å². The van der Waals surface area contributed by atoms with E-state index in [1.165, 1.54) is 0 Å². The molecule has 0 radical (unpaired) electrons. The van der Waals surface area contributed by atoms with Crippen molar-refractivity contribution in [1.82, 2.24) is 14.7 Å². The van der Waals surface area contributed by atoms with Gasteiger partial charge in [-0.15, -0.1) is 0 Å². The molecule has 2 aromatic heterocycles. The molecule has 0 unspecified atom stereocenters. The summed E-state index contributed by atoms with van der Waals surface area (Å²) in [7, 11) is 0. The first kappa shape index (κ1) is 22.8. The quantitative estimate of drug-likeness (QED) is 0.556. The number of alkyl halides is 3. The number of amides is 1. The largest absolute Gasteiger partial charge is 0.416 e. The Kier molecular flexibility index (Phi) is 5.40. The van der Waals surface area contributed by atoms with E-state index in [1.54, 1.807) is 23.7 Å². The molecule has 1 aliphatic heterocycles. The number of aromatic nitrogens is 2. The average molecular weight is 477 g/mol. The SMILES string of the molecule is Cc1cn2cc(C3CC3)cnc2c1C(=O)N[C@@]1(c2ccc(C(F)(F)F)cc2F)CCOC[C@@H]1O. The van der Waals surface area contributed by atoms with E-state index in [1.807, 2.05) is 6.20 Å². The molecule has 2 aliphatic rings. The van der Waals surface area contributed by atoms with Gasteiger partial charge >= 0.3 is 6.18 Å². The van der Waals surface area contributed by atoms with Crippen molar-refractivity contribution in [3.05, 3.63) is 70.4 Å². The van der Waals surface area contributed by atoms with Gasteiger partial charge in [0.25, 0.3) is 5.91 Å². The lowest BCUT2D eigenvalue weighted by Crippen LogP contribution is -2.59. The minimum Gasteiger partial charge on any atom is -0.388 e. The highest BCUT2D eigenvalue weighted by Gasteiger charge is 2.46. The van der Waals surface area contributed by atoms with E-state index in [0.717, 1.165) is 30.5 Å². The van der Waals surface area contributed by atoms with Gasteiger partial charge in [0.05, 0.1) is 23.3 Å². The van der Waals surface area contributed by atoms with Crippen LogP contribution in [0, 0.1) is 12.7 Å².